The molecule has 0 saturated carbocycles. The molecule has 1 unspecified atom stereocenters. The van der Waals surface area contributed by atoms with E-state index in [0.29, 0.717) is 0 Å². The molecule has 1 rings (SSSR count). The average molecular weight is 300 g/mol. The first-order chi connectivity index (χ1) is 9.13. The summed E-state index contributed by atoms with van der Waals surface area (Å²) in [5.41, 5.74) is 15.6. The van der Waals surface area contributed by atoms with Crippen molar-refractivity contribution in [3.8, 4) is 0 Å². The van der Waals surface area contributed by atoms with E-state index >= 15 is 0 Å². The molecule has 0 aromatic heterocycles. The normalized spacial score (nSPS) is 12.8. The Balaban J connectivity index is 3.04. The van der Waals surface area contributed by atoms with Crippen molar-refractivity contribution in [3.05, 3.63) is 23.8 Å². The van der Waals surface area contributed by atoms with Crippen molar-refractivity contribution in [2.24, 2.45) is 11.5 Å². The summed E-state index contributed by atoms with van der Waals surface area (Å²) >= 11 is 0. The van der Waals surface area contributed by atoms with Gasteiger partial charge in [0.2, 0.25) is 21.8 Å². The molecule has 0 spiro atoms. The van der Waals surface area contributed by atoms with Crippen LogP contribution in [0.4, 0.5) is 5.69 Å². The van der Waals surface area contributed by atoms with Gasteiger partial charge in [-0.3, -0.25) is 9.59 Å². The zero-order chi connectivity index (χ0) is 15.5. The second-order valence-electron chi connectivity index (χ2n) is 4.31. The average Bonchev–Trinajstić information content (AvgIpc) is 2.25. The first kappa shape index (κ1) is 15.9. The highest BCUT2D eigenvalue weighted by Gasteiger charge is 2.21. The van der Waals surface area contributed by atoms with Crippen molar-refractivity contribution in [2.75, 3.05) is 5.73 Å². The monoisotopic (exact) mass is 300 g/mol. The van der Waals surface area contributed by atoms with E-state index in [2.05, 4.69) is 4.72 Å². The first-order valence-electron chi connectivity index (χ1n) is 5.63. The fraction of sp³-hybridized carbons (Fsp3) is 0.273. The molecule has 0 saturated heterocycles. The molecule has 0 radical (unpaired) electrons. The fourth-order valence-corrected chi connectivity index (χ4v) is 2.97. The molecule has 9 heteroatoms. The molecule has 1 atom stereocenters. The molecular formula is C11H16N4O4S. The van der Waals surface area contributed by atoms with E-state index in [1.807, 2.05) is 0 Å². The van der Waals surface area contributed by atoms with Crippen LogP contribution in [0.15, 0.2) is 23.1 Å². The van der Waals surface area contributed by atoms with Crippen LogP contribution < -0.4 is 21.9 Å². The van der Waals surface area contributed by atoms with Crippen molar-refractivity contribution in [3.63, 3.8) is 0 Å². The minimum absolute atomic E-state index is 0.103. The van der Waals surface area contributed by atoms with Crippen molar-refractivity contribution in [2.45, 2.75) is 24.3 Å². The highest BCUT2D eigenvalue weighted by Crippen LogP contribution is 2.20. The molecule has 0 aliphatic carbocycles. The lowest BCUT2D eigenvalue weighted by molar-refractivity contribution is -0.118. The largest absolute Gasteiger partial charge is 0.398 e. The molecule has 8 nitrogen and oxygen atoms in total. The van der Waals surface area contributed by atoms with Gasteiger partial charge in [-0.2, -0.15) is 0 Å². The Morgan fingerprint density at radius 2 is 1.90 bits per heavy atom. The Labute approximate surface area is 116 Å². The zero-order valence-corrected chi connectivity index (χ0v) is 11.6. The molecule has 0 aliphatic heterocycles. The Morgan fingerprint density at radius 3 is 2.35 bits per heavy atom. The predicted molar refractivity (Wildman–Crippen MR) is 73.0 cm³/mol. The van der Waals surface area contributed by atoms with Gasteiger partial charge in [-0.05, 0) is 25.1 Å². The number of hydrogen-bond donors (Lipinski definition) is 4. The molecule has 0 aliphatic rings. The first-order valence-corrected chi connectivity index (χ1v) is 7.11. The van der Waals surface area contributed by atoms with Gasteiger partial charge in [0.25, 0.3) is 0 Å². The van der Waals surface area contributed by atoms with Crippen LogP contribution in [0, 0.1) is 0 Å². The third-order valence-corrected chi connectivity index (χ3v) is 4.11. The standard InChI is InChI=1S/C11H16N4O4S/c1-6(4-10(13)16)15-20(18,19)9-3-2-7(11(14)17)5-8(9)12/h2-3,5-6,15H,4,12H2,1H3,(H2,13,16)(H2,14,17). The summed E-state index contributed by atoms with van der Waals surface area (Å²) < 4.78 is 26.4. The Bertz CT molecular complexity index is 642. The van der Waals surface area contributed by atoms with Crippen LogP contribution in [0.5, 0.6) is 0 Å². The molecule has 0 heterocycles. The van der Waals surface area contributed by atoms with Gasteiger partial charge >= 0.3 is 0 Å². The van der Waals surface area contributed by atoms with Gasteiger partial charge in [-0.15, -0.1) is 0 Å². The maximum absolute atomic E-state index is 12.1. The lowest BCUT2D eigenvalue weighted by Crippen LogP contribution is -2.36. The van der Waals surface area contributed by atoms with Crippen LogP contribution in [0.25, 0.3) is 0 Å². The number of benzene rings is 1. The van der Waals surface area contributed by atoms with E-state index in [1.54, 1.807) is 0 Å². The molecule has 0 bridgehead atoms. The number of anilines is 1. The second kappa shape index (κ2) is 5.88. The van der Waals surface area contributed by atoms with Crippen LogP contribution in [-0.2, 0) is 14.8 Å². The van der Waals surface area contributed by atoms with Crippen molar-refractivity contribution in [1.29, 1.82) is 0 Å². The summed E-state index contributed by atoms with van der Waals surface area (Å²) in [7, 11) is -3.91. The molecule has 2 amide bonds. The number of sulfonamides is 1. The van der Waals surface area contributed by atoms with Crippen LogP contribution in [-0.4, -0.2) is 26.3 Å². The van der Waals surface area contributed by atoms with Gasteiger partial charge in [-0.1, -0.05) is 0 Å². The number of nitrogen functional groups attached to an aromatic ring is 1. The van der Waals surface area contributed by atoms with Crippen LogP contribution in [0.2, 0.25) is 0 Å². The van der Waals surface area contributed by atoms with Crippen molar-refractivity contribution >= 4 is 27.5 Å². The van der Waals surface area contributed by atoms with E-state index in [0.717, 1.165) is 0 Å². The van der Waals surface area contributed by atoms with E-state index < -0.39 is 27.9 Å². The van der Waals surface area contributed by atoms with Gasteiger partial charge in [0.1, 0.15) is 4.90 Å². The van der Waals surface area contributed by atoms with Crippen LogP contribution >= 0.6 is 0 Å². The molecule has 1 aromatic rings. The number of amides is 2. The molecule has 7 N–H and O–H groups in total. The maximum Gasteiger partial charge on any atom is 0.248 e. The second-order valence-corrected chi connectivity index (χ2v) is 5.99. The third kappa shape index (κ3) is 3.93. The quantitative estimate of drug-likeness (QED) is 0.490. The molecule has 0 fully saturated rings. The van der Waals surface area contributed by atoms with Crippen molar-refractivity contribution < 1.29 is 18.0 Å². The highest BCUT2D eigenvalue weighted by molar-refractivity contribution is 7.89. The van der Waals surface area contributed by atoms with Gasteiger partial charge in [0.05, 0.1) is 5.69 Å². The SMILES string of the molecule is CC(CC(N)=O)NS(=O)(=O)c1ccc(C(N)=O)cc1N. The van der Waals surface area contributed by atoms with E-state index in [4.69, 9.17) is 17.2 Å². The number of hydrogen-bond acceptors (Lipinski definition) is 5. The van der Waals surface area contributed by atoms with E-state index in [9.17, 15) is 18.0 Å². The molecule has 1 aromatic carbocycles. The Kier molecular flexibility index (Phi) is 4.69. The van der Waals surface area contributed by atoms with Gasteiger partial charge < -0.3 is 17.2 Å². The van der Waals surface area contributed by atoms with Crippen LogP contribution in [0.3, 0.4) is 0 Å². The summed E-state index contributed by atoms with van der Waals surface area (Å²) in [6.07, 6.45) is -0.140. The maximum atomic E-state index is 12.1. The summed E-state index contributed by atoms with van der Waals surface area (Å²) in [6.45, 7) is 1.50. The summed E-state index contributed by atoms with van der Waals surface area (Å²) in [6, 6.07) is 2.93. The van der Waals surface area contributed by atoms with E-state index in [1.165, 1.54) is 25.1 Å². The summed E-state index contributed by atoms with van der Waals surface area (Å²) in [5, 5.41) is 0. The fourth-order valence-electron chi connectivity index (χ4n) is 1.62. The summed E-state index contributed by atoms with van der Waals surface area (Å²) in [5.74, 6) is -1.34. The minimum Gasteiger partial charge on any atom is -0.398 e. The number of primary amides is 2. The highest BCUT2D eigenvalue weighted by atomic mass is 32.2. The number of nitrogens with two attached hydrogens (primary N) is 3. The van der Waals surface area contributed by atoms with Gasteiger partial charge in [-0.25, -0.2) is 13.1 Å². The molecule has 110 valence electrons. The Morgan fingerprint density at radius 1 is 1.30 bits per heavy atom. The van der Waals surface area contributed by atoms with E-state index in [-0.39, 0.29) is 22.6 Å². The van der Waals surface area contributed by atoms with Gasteiger partial charge in [0.15, 0.2) is 0 Å². The topological polar surface area (TPSA) is 158 Å². The number of carbonyl (C=O) groups excluding carboxylic acids is 2. The molecule has 20 heavy (non-hydrogen) atoms. The molecular weight excluding hydrogens is 284 g/mol. The third-order valence-electron chi connectivity index (χ3n) is 2.45. The number of rotatable bonds is 6. The van der Waals surface area contributed by atoms with Gasteiger partial charge in [0, 0.05) is 18.0 Å². The van der Waals surface area contributed by atoms with Crippen LogP contribution in [0.1, 0.15) is 23.7 Å². The Hall–Kier alpha value is -2.13. The number of nitrogens with one attached hydrogen (secondary N) is 1. The van der Waals surface area contributed by atoms with Crippen molar-refractivity contribution in [1.82, 2.24) is 4.72 Å². The predicted octanol–water partition coefficient (Wildman–Crippen LogP) is -1.09. The number of carbonyl (C=O) groups is 2. The lowest BCUT2D eigenvalue weighted by Gasteiger charge is -2.14. The lowest BCUT2D eigenvalue weighted by atomic mass is 10.2. The smallest absolute Gasteiger partial charge is 0.248 e. The minimum atomic E-state index is -3.91. The summed E-state index contributed by atoms with van der Waals surface area (Å²) in [4.78, 5) is 21.5. The zero-order valence-electron chi connectivity index (χ0n) is 10.8.